The fraction of sp³-hybridized carbons (Fsp3) is 1.00. The van der Waals surface area contributed by atoms with E-state index in [1.54, 1.807) is 0 Å². The van der Waals surface area contributed by atoms with Gasteiger partial charge in [0.2, 0.25) is 0 Å². The maximum absolute atomic E-state index is 2.58. The van der Waals surface area contributed by atoms with Crippen LogP contribution in [0.3, 0.4) is 0 Å². The van der Waals surface area contributed by atoms with Gasteiger partial charge in [-0.2, -0.15) is 0 Å². The van der Waals surface area contributed by atoms with Gasteiger partial charge in [-0.3, -0.25) is 9.80 Å². The predicted molar refractivity (Wildman–Crippen MR) is 52.4 cm³/mol. The second-order valence-corrected chi connectivity index (χ2v) is 10.3. The van der Waals surface area contributed by atoms with Crippen molar-refractivity contribution < 1.29 is 0 Å². The van der Waals surface area contributed by atoms with Crippen molar-refractivity contribution in [3.8, 4) is 0 Å². The van der Waals surface area contributed by atoms with Crippen LogP contribution in [-0.4, -0.2) is 50.8 Å². The standard InChI is InChI=1S/C8H20N2Si/c1-9-5-6-10(7-9)8-11(2,3)4/h5-8H2,1-4H3. The molecule has 0 unspecified atom stereocenters. The van der Waals surface area contributed by atoms with Gasteiger partial charge in [0.05, 0.1) is 14.7 Å². The van der Waals surface area contributed by atoms with E-state index >= 15 is 0 Å². The lowest BCUT2D eigenvalue weighted by atomic mass is 10.6. The summed E-state index contributed by atoms with van der Waals surface area (Å²) in [5, 5.41) is 0. The molecule has 0 N–H and O–H groups in total. The van der Waals surface area contributed by atoms with Gasteiger partial charge < -0.3 is 0 Å². The Hall–Kier alpha value is 0.137. The van der Waals surface area contributed by atoms with Gasteiger partial charge in [0.15, 0.2) is 0 Å². The quantitative estimate of drug-likeness (QED) is 0.575. The summed E-state index contributed by atoms with van der Waals surface area (Å²) in [5.41, 5.74) is 0. The number of hydrogen-bond donors (Lipinski definition) is 0. The molecule has 0 saturated carbocycles. The van der Waals surface area contributed by atoms with Crippen LogP contribution in [0.15, 0.2) is 0 Å². The molecule has 1 aliphatic heterocycles. The van der Waals surface area contributed by atoms with Gasteiger partial charge in [0.25, 0.3) is 0 Å². The van der Waals surface area contributed by atoms with Crippen LogP contribution >= 0.6 is 0 Å². The summed E-state index contributed by atoms with van der Waals surface area (Å²) < 4.78 is 0. The monoisotopic (exact) mass is 172 g/mol. The van der Waals surface area contributed by atoms with Crippen molar-refractivity contribution in [2.45, 2.75) is 19.6 Å². The first kappa shape index (κ1) is 9.23. The summed E-state index contributed by atoms with van der Waals surface area (Å²) in [5.74, 6) is 0. The molecule has 1 fully saturated rings. The highest BCUT2D eigenvalue weighted by atomic mass is 28.3. The first-order chi connectivity index (χ1) is 4.97. The van der Waals surface area contributed by atoms with Crippen LogP contribution in [-0.2, 0) is 0 Å². The number of hydrogen-bond acceptors (Lipinski definition) is 2. The van der Waals surface area contributed by atoms with Crippen LogP contribution < -0.4 is 0 Å². The lowest BCUT2D eigenvalue weighted by molar-refractivity contribution is 0.303. The van der Waals surface area contributed by atoms with E-state index < -0.39 is 8.07 Å². The van der Waals surface area contributed by atoms with E-state index in [9.17, 15) is 0 Å². The normalized spacial score (nSPS) is 22.9. The van der Waals surface area contributed by atoms with Crippen LogP contribution in [0.1, 0.15) is 0 Å². The predicted octanol–water partition coefficient (Wildman–Crippen LogP) is 1.07. The van der Waals surface area contributed by atoms with E-state index in [0.29, 0.717) is 0 Å². The second-order valence-electron chi connectivity index (χ2n) is 4.83. The summed E-state index contributed by atoms with van der Waals surface area (Å²) in [6.45, 7) is 11.0. The van der Waals surface area contributed by atoms with Crippen LogP contribution in [0.5, 0.6) is 0 Å². The molecule has 1 rings (SSSR count). The van der Waals surface area contributed by atoms with Crippen molar-refractivity contribution >= 4 is 8.07 Å². The molecule has 2 nitrogen and oxygen atoms in total. The fourth-order valence-corrected chi connectivity index (χ4v) is 3.19. The van der Waals surface area contributed by atoms with Crippen molar-refractivity contribution in [3.63, 3.8) is 0 Å². The topological polar surface area (TPSA) is 6.48 Å². The van der Waals surface area contributed by atoms with E-state index in [1.807, 2.05) is 0 Å². The van der Waals surface area contributed by atoms with Gasteiger partial charge in [-0.05, 0) is 13.2 Å². The van der Waals surface area contributed by atoms with Crippen molar-refractivity contribution in [1.82, 2.24) is 9.80 Å². The van der Waals surface area contributed by atoms with Gasteiger partial charge >= 0.3 is 0 Å². The Morgan fingerprint density at radius 3 is 2.18 bits per heavy atom. The highest BCUT2D eigenvalue weighted by Gasteiger charge is 2.22. The van der Waals surface area contributed by atoms with Gasteiger partial charge in [-0.25, -0.2) is 0 Å². The number of likely N-dealkylation sites (N-methyl/N-ethyl adjacent to an activating group) is 1. The van der Waals surface area contributed by atoms with Crippen LogP contribution in [0.2, 0.25) is 19.6 Å². The summed E-state index contributed by atoms with van der Waals surface area (Å²) in [4.78, 5) is 4.96. The van der Waals surface area contributed by atoms with E-state index in [-0.39, 0.29) is 0 Å². The third kappa shape index (κ3) is 3.36. The molecule has 1 saturated heterocycles. The molecule has 0 radical (unpaired) electrons. The van der Waals surface area contributed by atoms with Crippen molar-refractivity contribution in [2.24, 2.45) is 0 Å². The average molecular weight is 172 g/mol. The first-order valence-corrected chi connectivity index (χ1v) is 8.09. The van der Waals surface area contributed by atoms with Gasteiger partial charge in [-0.1, -0.05) is 19.6 Å². The molecule has 0 aromatic carbocycles. The van der Waals surface area contributed by atoms with E-state index in [2.05, 4.69) is 36.5 Å². The summed E-state index contributed by atoms with van der Waals surface area (Å²) >= 11 is 0. The van der Waals surface area contributed by atoms with Gasteiger partial charge in [-0.15, -0.1) is 0 Å². The molecule has 0 bridgehead atoms. The third-order valence-corrected chi connectivity index (χ3v) is 3.33. The van der Waals surface area contributed by atoms with Crippen LogP contribution in [0, 0.1) is 0 Å². The Morgan fingerprint density at radius 1 is 1.18 bits per heavy atom. The number of nitrogens with zero attached hydrogens (tertiary/aromatic N) is 2. The lowest BCUT2D eigenvalue weighted by Crippen LogP contribution is -2.39. The third-order valence-electron chi connectivity index (χ3n) is 1.94. The Bertz CT molecular complexity index is 131. The largest absolute Gasteiger partial charge is 0.292 e. The van der Waals surface area contributed by atoms with Gasteiger partial charge in [0.1, 0.15) is 0 Å². The number of rotatable bonds is 2. The van der Waals surface area contributed by atoms with Crippen molar-refractivity contribution in [3.05, 3.63) is 0 Å². The first-order valence-electron chi connectivity index (χ1n) is 4.38. The molecule has 0 aliphatic carbocycles. The SMILES string of the molecule is CN1CCN(C[Si](C)(C)C)C1. The zero-order valence-electron chi connectivity index (χ0n) is 8.22. The summed E-state index contributed by atoms with van der Waals surface area (Å²) in [7, 11) is 1.35. The zero-order chi connectivity index (χ0) is 8.48. The molecule has 0 spiro atoms. The molecule has 11 heavy (non-hydrogen) atoms. The Balaban J connectivity index is 2.29. The molecule has 0 amide bonds. The molecular weight excluding hydrogens is 152 g/mol. The highest BCUT2D eigenvalue weighted by Crippen LogP contribution is 2.08. The Morgan fingerprint density at radius 2 is 1.82 bits per heavy atom. The Kier molecular flexibility index (Phi) is 2.73. The molecule has 0 atom stereocenters. The summed E-state index contributed by atoms with van der Waals surface area (Å²) in [6, 6.07) is 0. The second kappa shape index (κ2) is 3.25. The lowest BCUT2D eigenvalue weighted by Gasteiger charge is -2.24. The molecule has 1 aliphatic rings. The minimum atomic E-state index is -0.853. The molecular formula is C8H20N2Si. The van der Waals surface area contributed by atoms with Crippen molar-refractivity contribution in [2.75, 3.05) is 33.0 Å². The molecule has 0 aromatic heterocycles. The van der Waals surface area contributed by atoms with Gasteiger partial charge in [0, 0.05) is 13.1 Å². The minimum absolute atomic E-state index is 0.853. The van der Waals surface area contributed by atoms with Crippen LogP contribution in [0.4, 0.5) is 0 Å². The summed E-state index contributed by atoms with van der Waals surface area (Å²) in [6.07, 6.45) is 1.36. The minimum Gasteiger partial charge on any atom is -0.292 e. The molecule has 0 aromatic rings. The van der Waals surface area contributed by atoms with E-state index in [1.165, 1.54) is 25.9 Å². The van der Waals surface area contributed by atoms with E-state index in [0.717, 1.165) is 0 Å². The molecule has 3 heteroatoms. The van der Waals surface area contributed by atoms with E-state index in [4.69, 9.17) is 0 Å². The average Bonchev–Trinajstić information content (AvgIpc) is 2.10. The maximum atomic E-state index is 2.58. The fourth-order valence-electron chi connectivity index (χ4n) is 1.59. The molecule has 66 valence electrons. The maximum Gasteiger partial charge on any atom is 0.0600 e. The van der Waals surface area contributed by atoms with Crippen LogP contribution in [0.25, 0.3) is 0 Å². The zero-order valence-corrected chi connectivity index (χ0v) is 9.22. The smallest absolute Gasteiger partial charge is 0.0600 e. The highest BCUT2D eigenvalue weighted by molar-refractivity contribution is 6.76. The van der Waals surface area contributed by atoms with Crippen molar-refractivity contribution in [1.29, 1.82) is 0 Å². The Labute approximate surface area is 71.2 Å². The molecule has 1 heterocycles.